The van der Waals surface area contributed by atoms with Crippen LogP contribution in [-0.4, -0.2) is 42.5 Å². The first-order chi connectivity index (χ1) is 7.69. The Morgan fingerprint density at radius 1 is 1.50 bits per heavy atom. The third kappa shape index (κ3) is 3.76. The molecular weight excluding hydrogens is 202 g/mol. The highest BCUT2D eigenvalue weighted by Crippen LogP contribution is 2.19. The molecule has 1 rings (SSSR count). The third-order valence-corrected chi connectivity index (χ3v) is 3.43. The number of likely N-dealkylation sites (N-methyl/N-ethyl adjacent to an activating group) is 1. The highest BCUT2D eigenvalue weighted by molar-refractivity contribution is 5.80. The van der Waals surface area contributed by atoms with E-state index in [-0.39, 0.29) is 11.9 Å². The van der Waals surface area contributed by atoms with E-state index < -0.39 is 0 Å². The number of nitrogens with two attached hydrogens (primary N) is 1. The van der Waals surface area contributed by atoms with Crippen LogP contribution in [-0.2, 0) is 4.79 Å². The number of primary amides is 1. The van der Waals surface area contributed by atoms with Crippen molar-refractivity contribution < 1.29 is 4.79 Å². The minimum absolute atomic E-state index is 0.197. The van der Waals surface area contributed by atoms with Gasteiger partial charge in [0.05, 0.1) is 6.04 Å². The Bertz CT molecular complexity index is 220. The van der Waals surface area contributed by atoms with E-state index in [0.717, 1.165) is 26.1 Å². The molecule has 1 saturated heterocycles. The van der Waals surface area contributed by atoms with E-state index in [0.29, 0.717) is 6.04 Å². The summed E-state index contributed by atoms with van der Waals surface area (Å²) in [5.74, 6) is -0.234. The van der Waals surface area contributed by atoms with Gasteiger partial charge < -0.3 is 11.1 Å². The summed E-state index contributed by atoms with van der Waals surface area (Å²) >= 11 is 0. The molecular formula is C12H25N3O. The molecule has 0 radical (unpaired) electrons. The van der Waals surface area contributed by atoms with E-state index in [9.17, 15) is 4.79 Å². The molecule has 1 aliphatic rings. The van der Waals surface area contributed by atoms with Gasteiger partial charge in [-0.05, 0) is 32.4 Å². The maximum atomic E-state index is 11.3. The first-order valence-corrected chi connectivity index (χ1v) is 6.45. The maximum Gasteiger partial charge on any atom is 0.235 e. The fourth-order valence-corrected chi connectivity index (χ4v) is 2.50. The van der Waals surface area contributed by atoms with Crippen molar-refractivity contribution in [3.8, 4) is 0 Å². The Balaban J connectivity index is 2.50. The summed E-state index contributed by atoms with van der Waals surface area (Å²) in [6, 6.07) is 0.436. The SMILES string of the molecule is CCNC(CN1CCCCC1CC)C(N)=O. The van der Waals surface area contributed by atoms with Crippen molar-refractivity contribution in [1.82, 2.24) is 10.2 Å². The second-order valence-corrected chi connectivity index (χ2v) is 4.57. The number of carbonyl (C=O) groups excluding carboxylic acids is 1. The number of nitrogens with zero attached hydrogens (tertiary/aromatic N) is 1. The van der Waals surface area contributed by atoms with Gasteiger partial charge in [-0.15, -0.1) is 0 Å². The molecule has 0 bridgehead atoms. The maximum absolute atomic E-state index is 11.3. The van der Waals surface area contributed by atoms with Crippen LogP contribution in [0.15, 0.2) is 0 Å². The van der Waals surface area contributed by atoms with Gasteiger partial charge in [-0.2, -0.15) is 0 Å². The van der Waals surface area contributed by atoms with Crippen molar-refractivity contribution in [2.45, 2.75) is 51.6 Å². The molecule has 16 heavy (non-hydrogen) atoms. The number of rotatable bonds is 6. The molecule has 1 heterocycles. The molecule has 3 N–H and O–H groups in total. The summed E-state index contributed by atoms with van der Waals surface area (Å²) in [6.45, 7) is 6.88. The van der Waals surface area contributed by atoms with Crippen LogP contribution in [0.1, 0.15) is 39.5 Å². The second-order valence-electron chi connectivity index (χ2n) is 4.57. The largest absolute Gasteiger partial charge is 0.368 e. The average molecular weight is 227 g/mol. The number of hydrogen-bond acceptors (Lipinski definition) is 3. The number of amides is 1. The predicted molar refractivity (Wildman–Crippen MR) is 66.2 cm³/mol. The van der Waals surface area contributed by atoms with Crippen molar-refractivity contribution in [2.24, 2.45) is 5.73 Å². The van der Waals surface area contributed by atoms with Crippen molar-refractivity contribution in [3.63, 3.8) is 0 Å². The molecule has 0 saturated carbocycles. The highest BCUT2D eigenvalue weighted by Gasteiger charge is 2.25. The lowest BCUT2D eigenvalue weighted by molar-refractivity contribution is -0.120. The number of nitrogens with one attached hydrogen (secondary N) is 1. The van der Waals surface area contributed by atoms with Crippen LogP contribution in [0.25, 0.3) is 0 Å². The lowest BCUT2D eigenvalue weighted by atomic mass is 9.99. The molecule has 0 aromatic rings. The molecule has 0 spiro atoms. The molecule has 1 fully saturated rings. The first kappa shape index (κ1) is 13.5. The summed E-state index contributed by atoms with van der Waals surface area (Å²) in [5.41, 5.74) is 5.40. The molecule has 1 aliphatic heterocycles. The van der Waals surface area contributed by atoms with Crippen LogP contribution in [0.2, 0.25) is 0 Å². The lowest BCUT2D eigenvalue weighted by Gasteiger charge is -2.37. The molecule has 0 aromatic heterocycles. The van der Waals surface area contributed by atoms with Crippen LogP contribution >= 0.6 is 0 Å². The molecule has 0 aromatic carbocycles. The average Bonchev–Trinajstić information content (AvgIpc) is 2.29. The van der Waals surface area contributed by atoms with Crippen LogP contribution < -0.4 is 11.1 Å². The topological polar surface area (TPSA) is 58.4 Å². The number of likely N-dealkylation sites (tertiary alicyclic amines) is 1. The summed E-state index contributed by atoms with van der Waals surface area (Å²) in [5, 5.41) is 3.16. The third-order valence-electron chi connectivity index (χ3n) is 3.43. The fraction of sp³-hybridized carbons (Fsp3) is 0.917. The molecule has 1 amide bonds. The number of carbonyl (C=O) groups is 1. The van der Waals surface area contributed by atoms with Crippen molar-refractivity contribution in [1.29, 1.82) is 0 Å². The fourth-order valence-electron chi connectivity index (χ4n) is 2.50. The van der Waals surface area contributed by atoms with E-state index >= 15 is 0 Å². The van der Waals surface area contributed by atoms with E-state index in [2.05, 4.69) is 17.1 Å². The first-order valence-electron chi connectivity index (χ1n) is 6.45. The lowest BCUT2D eigenvalue weighted by Crippen LogP contribution is -2.52. The summed E-state index contributed by atoms with van der Waals surface area (Å²) in [6.07, 6.45) is 4.98. The van der Waals surface area contributed by atoms with Crippen molar-refractivity contribution in [3.05, 3.63) is 0 Å². The Kier molecular flexibility index (Phi) is 5.77. The molecule has 94 valence electrons. The van der Waals surface area contributed by atoms with E-state index in [4.69, 9.17) is 5.73 Å². The van der Waals surface area contributed by atoms with Gasteiger partial charge in [0.1, 0.15) is 0 Å². The Labute approximate surface area is 98.6 Å². The quantitative estimate of drug-likeness (QED) is 0.703. The number of hydrogen-bond donors (Lipinski definition) is 2. The van der Waals surface area contributed by atoms with E-state index in [1.807, 2.05) is 6.92 Å². The molecule has 4 heteroatoms. The van der Waals surface area contributed by atoms with Gasteiger partial charge in [0, 0.05) is 12.6 Å². The monoisotopic (exact) mass is 227 g/mol. The van der Waals surface area contributed by atoms with Crippen LogP contribution in [0, 0.1) is 0 Å². The summed E-state index contributed by atoms with van der Waals surface area (Å²) in [4.78, 5) is 13.7. The number of piperidine rings is 1. The minimum atomic E-state index is -0.234. The van der Waals surface area contributed by atoms with E-state index in [1.54, 1.807) is 0 Å². The molecule has 4 nitrogen and oxygen atoms in total. The van der Waals surface area contributed by atoms with Gasteiger partial charge in [0.15, 0.2) is 0 Å². The zero-order valence-corrected chi connectivity index (χ0v) is 10.5. The summed E-state index contributed by atoms with van der Waals surface area (Å²) < 4.78 is 0. The highest BCUT2D eigenvalue weighted by atomic mass is 16.1. The van der Waals surface area contributed by atoms with Crippen molar-refractivity contribution >= 4 is 5.91 Å². The zero-order valence-electron chi connectivity index (χ0n) is 10.5. The Morgan fingerprint density at radius 2 is 2.25 bits per heavy atom. The normalized spacial score (nSPS) is 24.2. The van der Waals surface area contributed by atoms with Gasteiger partial charge in [-0.3, -0.25) is 9.69 Å². The van der Waals surface area contributed by atoms with Crippen LogP contribution in [0.4, 0.5) is 0 Å². The molecule has 0 aliphatic carbocycles. The molecule has 2 unspecified atom stereocenters. The second kappa shape index (κ2) is 6.86. The zero-order chi connectivity index (χ0) is 12.0. The minimum Gasteiger partial charge on any atom is -0.368 e. The van der Waals surface area contributed by atoms with Gasteiger partial charge in [0.25, 0.3) is 0 Å². The van der Waals surface area contributed by atoms with Gasteiger partial charge >= 0.3 is 0 Å². The standard InChI is InChI=1S/C12H25N3O/c1-3-10-7-5-6-8-15(10)9-11(12(13)16)14-4-2/h10-11,14H,3-9H2,1-2H3,(H2,13,16). The van der Waals surface area contributed by atoms with Gasteiger partial charge in [-0.1, -0.05) is 20.3 Å². The predicted octanol–water partition coefficient (Wildman–Crippen LogP) is 0.714. The van der Waals surface area contributed by atoms with Gasteiger partial charge in [0.2, 0.25) is 5.91 Å². The Hall–Kier alpha value is -0.610. The van der Waals surface area contributed by atoms with Crippen LogP contribution in [0.5, 0.6) is 0 Å². The van der Waals surface area contributed by atoms with E-state index in [1.165, 1.54) is 19.3 Å². The summed E-state index contributed by atoms with van der Waals surface area (Å²) in [7, 11) is 0. The van der Waals surface area contributed by atoms with Crippen molar-refractivity contribution in [2.75, 3.05) is 19.6 Å². The molecule has 2 atom stereocenters. The van der Waals surface area contributed by atoms with Gasteiger partial charge in [-0.25, -0.2) is 0 Å². The smallest absolute Gasteiger partial charge is 0.235 e. The Morgan fingerprint density at radius 3 is 2.81 bits per heavy atom. The van der Waals surface area contributed by atoms with Crippen LogP contribution in [0.3, 0.4) is 0 Å².